The molecule has 114 valence electrons. The lowest BCUT2D eigenvalue weighted by Gasteiger charge is -2.21. The van der Waals surface area contributed by atoms with Gasteiger partial charge in [-0.1, -0.05) is 55.5 Å². The van der Waals surface area contributed by atoms with Crippen LogP contribution in [0.2, 0.25) is 0 Å². The Morgan fingerprint density at radius 1 is 1.29 bits per heavy atom. The first kappa shape index (κ1) is 15.5. The minimum absolute atomic E-state index is 0.0405. The van der Waals surface area contributed by atoms with Gasteiger partial charge in [0.2, 0.25) is 5.91 Å². The normalized spacial score (nSPS) is 16.7. The van der Waals surface area contributed by atoms with Crippen molar-refractivity contribution in [3.05, 3.63) is 29.8 Å². The molecule has 1 aromatic rings. The summed E-state index contributed by atoms with van der Waals surface area (Å²) in [5.41, 5.74) is 1.96. The van der Waals surface area contributed by atoms with Crippen molar-refractivity contribution >= 4 is 17.3 Å². The molecule has 1 amide bonds. The predicted molar refractivity (Wildman–Crippen MR) is 84.9 cm³/mol. The standard InChI is InChI=1S/C17H24N2O2/c1-13(19-21)15-9-5-6-10-16(15)18-17(20)12-11-14-7-3-2-4-8-14/h5-6,9-10,14,21H,2-4,7-8,11-12H2,1H3,(H,18,20)/b19-13+. The van der Waals surface area contributed by atoms with E-state index in [2.05, 4.69) is 10.5 Å². The minimum atomic E-state index is 0.0405. The summed E-state index contributed by atoms with van der Waals surface area (Å²) in [7, 11) is 0. The predicted octanol–water partition coefficient (Wildman–Crippen LogP) is 4.18. The molecule has 0 radical (unpaired) electrons. The van der Waals surface area contributed by atoms with Crippen molar-refractivity contribution in [1.29, 1.82) is 0 Å². The summed E-state index contributed by atoms with van der Waals surface area (Å²) in [5.74, 6) is 0.749. The Morgan fingerprint density at radius 2 is 2.00 bits per heavy atom. The van der Waals surface area contributed by atoms with Gasteiger partial charge in [0, 0.05) is 17.7 Å². The molecular weight excluding hydrogens is 264 g/mol. The Bertz CT molecular complexity index is 505. The summed E-state index contributed by atoms with van der Waals surface area (Å²) < 4.78 is 0. The quantitative estimate of drug-likeness (QED) is 0.485. The lowest BCUT2D eigenvalue weighted by molar-refractivity contribution is -0.116. The number of rotatable bonds is 5. The van der Waals surface area contributed by atoms with Crippen LogP contribution in [-0.2, 0) is 4.79 Å². The number of nitrogens with one attached hydrogen (secondary N) is 1. The highest BCUT2D eigenvalue weighted by atomic mass is 16.4. The molecule has 0 heterocycles. The molecule has 0 aromatic heterocycles. The highest BCUT2D eigenvalue weighted by Gasteiger charge is 2.15. The fraction of sp³-hybridized carbons (Fsp3) is 0.529. The first-order chi connectivity index (χ1) is 10.2. The third-order valence-corrected chi connectivity index (χ3v) is 4.25. The largest absolute Gasteiger partial charge is 0.411 e. The number of carbonyl (C=O) groups excluding carboxylic acids is 1. The Balaban J connectivity index is 1.90. The summed E-state index contributed by atoms with van der Waals surface area (Å²) in [5, 5.41) is 15.0. The van der Waals surface area contributed by atoms with E-state index >= 15 is 0 Å². The molecule has 1 aliphatic carbocycles. The van der Waals surface area contributed by atoms with E-state index in [1.165, 1.54) is 32.1 Å². The maximum absolute atomic E-state index is 12.1. The van der Waals surface area contributed by atoms with Crippen LogP contribution in [0.3, 0.4) is 0 Å². The molecule has 2 N–H and O–H groups in total. The lowest BCUT2D eigenvalue weighted by atomic mass is 9.86. The summed E-state index contributed by atoms with van der Waals surface area (Å²) >= 11 is 0. The second kappa shape index (κ2) is 7.81. The number of anilines is 1. The summed E-state index contributed by atoms with van der Waals surface area (Å²) in [6.07, 6.45) is 8.02. The van der Waals surface area contributed by atoms with E-state index in [-0.39, 0.29) is 5.91 Å². The van der Waals surface area contributed by atoms with Crippen LogP contribution in [0.25, 0.3) is 0 Å². The van der Waals surface area contributed by atoms with Crippen LogP contribution in [0.5, 0.6) is 0 Å². The van der Waals surface area contributed by atoms with Gasteiger partial charge < -0.3 is 10.5 Å². The maximum Gasteiger partial charge on any atom is 0.224 e. The molecule has 0 spiro atoms. The van der Waals surface area contributed by atoms with Crippen LogP contribution in [-0.4, -0.2) is 16.8 Å². The first-order valence-electron chi connectivity index (χ1n) is 7.78. The molecule has 1 saturated carbocycles. The topological polar surface area (TPSA) is 61.7 Å². The Morgan fingerprint density at radius 3 is 2.71 bits per heavy atom. The second-order valence-corrected chi connectivity index (χ2v) is 5.82. The summed E-state index contributed by atoms with van der Waals surface area (Å²) in [6.45, 7) is 1.72. The zero-order valence-electron chi connectivity index (χ0n) is 12.6. The number of benzene rings is 1. The molecule has 0 atom stereocenters. The fourth-order valence-electron chi connectivity index (χ4n) is 2.99. The molecule has 21 heavy (non-hydrogen) atoms. The van der Waals surface area contributed by atoms with Gasteiger partial charge in [0.05, 0.1) is 5.71 Å². The molecule has 0 unspecified atom stereocenters. The SMILES string of the molecule is C/C(=N\O)c1ccccc1NC(=O)CCC1CCCCC1. The van der Waals surface area contributed by atoms with E-state index in [4.69, 9.17) is 5.21 Å². The molecule has 0 aliphatic heterocycles. The van der Waals surface area contributed by atoms with Crippen LogP contribution in [0.15, 0.2) is 29.4 Å². The Labute approximate surface area is 126 Å². The number of hydrogen-bond donors (Lipinski definition) is 2. The van der Waals surface area contributed by atoms with Crippen molar-refractivity contribution < 1.29 is 10.0 Å². The van der Waals surface area contributed by atoms with Gasteiger partial charge in [0.1, 0.15) is 0 Å². The van der Waals surface area contributed by atoms with Gasteiger partial charge in [-0.25, -0.2) is 0 Å². The van der Waals surface area contributed by atoms with Crippen LogP contribution >= 0.6 is 0 Å². The van der Waals surface area contributed by atoms with Crippen molar-refractivity contribution in [2.75, 3.05) is 5.32 Å². The zero-order chi connectivity index (χ0) is 15.1. The summed E-state index contributed by atoms with van der Waals surface area (Å²) in [4.78, 5) is 12.1. The summed E-state index contributed by atoms with van der Waals surface area (Å²) in [6, 6.07) is 7.40. The molecule has 0 bridgehead atoms. The Kier molecular flexibility index (Phi) is 5.78. The van der Waals surface area contributed by atoms with E-state index < -0.39 is 0 Å². The monoisotopic (exact) mass is 288 g/mol. The molecular formula is C17H24N2O2. The van der Waals surface area contributed by atoms with Gasteiger partial charge in [0.15, 0.2) is 0 Å². The van der Waals surface area contributed by atoms with Crippen LogP contribution in [0.1, 0.15) is 57.4 Å². The third kappa shape index (κ3) is 4.59. The smallest absolute Gasteiger partial charge is 0.224 e. The average molecular weight is 288 g/mol. The van der Waals surface area contributed by atoms with Gasteiger partial charge in [-0.2, -0.15) is 0 Å². The number of hydrogen-bond acceptors (Lipinski definition) is 3. The van der Waals surface area contributed by atoms with E-state index in [1.54, 1.807) is 6.92 Å². The minimum Gasteiger partial charge on any atom is -0.411 e. The van der Waals surface area contributed by atoms with Crippen molar-refractivity contribution in [3.8, 4) is 0 Å². The molecule has 2 rings (SSSR count). The molecule has 1 aromatic carbocycles. The zero-order valence-corrected chi connectivity index (χ0v) is 12.6. The molecule has 0 saturated heterocycles. The molecule has 1 fully saturated rings. The van der Waals surface area contributed by atoms with Gasteiger partial charge >= 0.3 is 0 Å². The van der Waals surface area contributed by atoms with Gasteiger partial charge in [-0.15, -0.1) is 0 Å². The molecule has 1 aliphatic rings. The van der Waals surface area contributed by atoms with Crippen LogP contribution in [0, 0.1) is 5.92 Å². The van der Waals surface area contributed by atoms with E-state index in [9.17, 15) is 4.79 Å². The average Bonchev–Trinajstić information content (AvgIpc) is 2.54. The fourth-order valence-corrected chi connectivity index (χ4v) is 2.99. The number of amides is 1. The third-order valence-electron chi connectivity index (χ3n) is 4.25. The van der Waals surface area contributed by atoms with Crippen LogP contribution in [0.4, 0.5) is 5.69 Å². The maximum atomic E-state index is 12.1. The lowest BCUT2D eigenvalue weighted by Crippen LogP contribution is -2.16. The van der Waals surface area contributed by atoms with E-state index in [1.807, 2.05) is 24.3 Å². The Hall–Kier alpha value is -1.84. The number of nitrogens with zero attached hydrogens (tertiary/aromatic N) is 1. The highest BCUT2D eigenvalue weighted by molar-refractivity contribution is 6.06. The van der Waals surface area contributed by atoms with Crippen LogP contribution < -0.4 is 5.32 Å². The van der Waals surface area contributed by atoms with E-state index in [0.29, 0.717) is 23.7 Å². The van der Waals surface area contributed by atoms with Crippen molar-refractivity contribution in [2.24, 2.45) is 11.1 Å². The number of oxime groups is 1. The van der Waals surface area contributed by atoms with Gasteiger partial charge in [-0.05, 0) is 25.3 Å². The number of carbonyl (C=O) groups is 1. The van der Waals surface area contributed by atoms with Gasteiger partial charge in [0.25, 0.3) is 0 Å². The second-order valence-electron chi connectivity index (χ2n) is 5.82. The van der Waals surface area contributed by atoms with Crippen molar-refractivity contribution in [2.45, 2.75) is 51.9 Å². The van der Waals surface area contributed by atoms with Crippen molar-refractivity contribution in [3.63, 3.8) is 0 Å². The first-order valence-corrected chi connectivity index (χ1v) is 7.78. The van der Waals surface area contributed by atoms with Crippen molar-refractivity contribution in [1.82, 2.24) is 0 Å². The van der Waals surface area contributed by atoms with E-state index in [0.717, 1.165) is 12.0 Å². The molecule has 4 nitrogen and oxygen atoms in total. The highest BCUT2D eigenvalue weighted by Crippen LogP contribution is 2.27. The number of para-hydroxylation sites is 1. The molecule has 4 heteroatoms. The van der Waals surface area contributed by atoms with Gasteiger partial charge in [-0.3, -0.25) is 4.79 Å².